The van der Waals surface area contributed by atoms with Gasteiger partial charge in [0, 0.05) is 24.2 Å². The smallest absolute Gasteiger partial charge is 0.271 e. The normalized spacial score (nSPS) is 22.4. The van der Waals surface area contributed by atoms with Crippen LogP contribution in [0.1, 0.15) is 53.1 Å². The van der Waals surface area contributed by atoms with E-state index in [0.29, 0.717) is 18.3 Å². The Bertz CT molecular complexity index is 701. The highest BCUT2D eigenvalue weighted by Gasteiger charge is 2.25. The lowest BCUT2D eigenvalue weighted by molar-refractivity contribution is 0.0932. The summed E-state index contributed by atoms with van der Waals surface area (Å²) in [6, 6.07) is 6.72. The van der Waals surface area contributed by atoms with Crippen molar-refractivity contribution in [2.75, 3.05) is 32.7 Å². The number of hydrogen-bond acceptors (Lipinski definition) is 5. The zero-order valence-corrected chi connectivity index (χ0v) is 15.9. The van der Waals surface area contributed by atoms with Crippen molar-refractivity contribution in [3.63, 3.8) is 0 Å². The summed E-state index contributed by atoms with van der Waals surface area (Å²) in [4.78, 5) is 16.4. The van der Waals surface area contributed by atoms with E-state index in [2.05, 4.69) is 38.1 Å². The highest BCUT2D eigenvalue weighted by Crippen LogP contribution is 2.27. The van der Waals surface area contributed by atoms with Crippen molar-refractivity contribution in [1.82, 2.24) is 25.3 Å². The minimum Gasteiger partial charge on any atom is -0.349 e. The summed E-state index contributed by atoms with van der Waals surface area (Å²) in [5.41, 5.74) is 0.516. The van der Waals surface area contributed by atoms with E-state index >= 15 is 0 Å². The van der Waals surface area contributed by atoms with E-state index in [-0.39, 0.29) is 11.9 Å². The van der Waals surface area contributed by atoms with Crippen molar-refractivity contribution in [1.29, 1.82) is 0 Å². The molecule has 7 heteroatoms. The highest BCUT2D eigenvalue weighted by molar-refractivity contribution is 7.10. The third-order valence-corrected chi connectivity index (χ3v) is 6.37. The molecule has 2 N–H and O–H groups in total. The Morgan fingerprint density at radius 2 is 2.23 bits per heavy atom. The van der Waals surface area contributed by atoms with Gasteiger partial charge in [-0.05, 0) is 62.8 Å². The van der Waals surface area contributed by atoms with E-state index in [0.717, 1.165) is 39.0 Å². The van der Waals surface area contributed by atoms with E-state index in [1.165, 1.54) is 17.7 Å². The molecule has 0 aromatic carbocycles. The summed E-state index contributed by atoms with van der Waals surface area (Å²) >= 11 is 1.77. The number of nitrogens with zero attached hydrogens (tertiary/aromatic N) is 3. The average Bonchev–Trinajstić information content (AvgIpc) is 3.44. The largest absolute Gasteiger partial charge is 0.349 e. The summed E-state index contributed by atoms with van der Waals surface area (Å²) < 4.78 is 1.94. The van der Waals surface area contributed by atoms with Crippen molar-refractivity contribution in [3.8, 4) is 0 Å². The third-order valence-electron chi connectivity index (χ3n) is 5.39. The number of carbonyl (C=O) groups is 1. The van der Waals surface area contributed by atoms with Gasteiger partial charge >= 0.3 is 0 Å². The van der Waals surface area contributed by atoms with Crippen LogP contribution in [-0.4, -0.2) is 53.3 Å². The first-order valence-corrected chi connectivity index (χ1v) is 10.5. The Hall–Kier alpha value is -1.70. The summed E-state index contributed by atoms with van der Waals surface area (Å²) in [5.74, 6) is -0.0757. The van der Waals surface area contributed by atoms with Crippen LogP contribution in [0, 0.1) is 0 Å². The fraction of sp³-hybridized carbons (Fsp3) is 0.579. The summed E-state index contributed by atoms with van der Waals surface area (Å²) in [7, 11) is 0. The van der Waals surface area contributed by atoms with Gasteiger partial charge in [-0.25, -0.2) is 0 Å². The van der Waals surface area contributed by atoms with Crippen molar-refractivity contribution in [2.24, 2.45) is 0 Å². The second-order valence-corrected chi connectivity index (χ2v) is 8.14. The molecule has 2 aliphatic rings. The van der Waals surface area contributed by atoms with Crippen molar-refractivity contribution in [3.05, 3.63) is 40.3 Å². The predicted octanol–water partition coefficient (Wildman–Crippen LogP) is 2.44. The lowest BCUT2D eigenvalue weighted by Crippen LogP contribution is -2.36. The van der Waals surface area contributed by atoms with Gasteiger partial charge in [-0.1, -0.05) is 6.07 Å². The van der Waals surface area contributed by atoms with Crippen LogP contribution in [0.3, 0.4) is 0 Å². The first-order valence-electron chi connectivity index (χ1n) is 9.63. The van der Waals surface area contributed by atoms with E-state index < -0.39 is 0 Å². The van der Waals surface area contributed by atoms with Crippen LogP contribution in [0.25, 0.3) is 0 Å². The number of hydrogen-bond donors (Lipinski definition) is 2. The van der Waals surface area contributed by atoms with E-state index in [4.69, 9.17) is 0 Å². The van der Waals surface area contributed by atoms with E-state index in [1.54, 1.807) is 11.3 Å². The maximum absolute atomic E-state index is 12.6. The molecule has 2 aromatic heterocycles. The van der Waals surface area contributed by atoms with Crippen LogP contribution >= 0.6 is 11.3 Å². The molecule has 4 heterocycles. The Morgan fingerprint density at radius 3 is 2.96 bits per heavy atom. The molecule has 2 aliphatic heterocycles. The fourth-order valence-electron chi connectivity index (χ4n) is 3.95. The SMILES string of the molecule is O=C(NCC(c1cccs1)N1CCCC1)c1ccn(C2CCCNC2)n1. The molecule has 140 valence electrons. The van der Waals surface area contributed by atoms with Crippen LogP contribution in [0.15, 0.2) is 29.8 Å². The zero-order valence-electron chi connectivity index (χ0n) is 15.1. The Kier molecular flexibility index (Phi) is 5.67. The van der Waals surface area contributed by atoms with Crippen molar-refractivity contribution >= 4 is 17.2 Å². The van der Waals surface area contributed by atoms with Crippen LogP contribution in [0.5, 0.6) is 0 Å². The Labute approximate surface area is 158 Å². The lowest BCUT2D eigenvalue weighted by atomic mass is 10.1. The molecule has 1 amide bonds. The summed E-state index contributed by atoms with van der Waals surface area (Å²) in [6.45, 7) is 4.87. The van der Waals surface area contributed by atoms with Crippen LogP contribution in [0.4, 0.5) is 0 Å². The first-order chi connectivity index (χ1) is 12.8. The third kappa shape index (κ3) is 4.00. The number of thiophene rings is 1. The number of amides is 1. The van der Waals surface area contributed by atoms with E-state index in [9.17, 15) is 4.79 Å². The molecule has 0 spiro atoms. The molecular weight excluding hydrogens is 346 g/mol. The molecule has 6 nitrogen and oxygen atoms in total. The molecule has 2 atom stereocenters. The van der Waals surface area contributed by atoms with Crippen molar-refractivity contribution in [2.45, 2.75) is 37.8 Å². The minimum atomic E-state index is -0.0757. The quantitative estimate of drug-likeness (QED) is 0.816. The molecule has 0 aliphatic carbocycles. The number of piperidine rings is 1. The average molecular weight is 374 g/mol. The summed E-state index contributed by atoms with van der Waals surface area (Å²) in [6.07, 6.45) is 6.70. The van der Waals surface area contributed by atoms with Gasteiger partial charge < -0.3 is 10.6 Å². The summed E-state index contributed by atoms with van der Waals surface area (Å²) in [5, 5.41) is 13.1. The van der Waals surface area contributed by atoms with Gasteiger partial charge in [0.25, 0.3) is 5.91 Å². The second-order valence-electron chi connectivity index (χ2n) is 7.17. The van der Waals surface area contributed by atoms with Gasteiger partial charge in [-0.3, -0.25) is 14.4 Å². The van der Waals surface area contributed by atoms with Gasteiger partial charge in [-0.2, -0.15) is 5.10 Å². The van der Waals surface area contributed by atoms with Gasteiger partial charge in [0.2, 0.25) is 0 Å². The minimum absolute atomic E-state index is 0.0757. The van der Waals surface area contributed by atoms with Crippen LogP contribution < -0.4 is 10.6 Å². The molecular formula is C19H27N5OS. The zero-order chi connectivity index (χ0) is 17.8. The molecule has 4 rings (SSSR count). The van der Waals surface area contributed by atoms with Crippen LogP contribution in [0.2, 0.25) is 0 Å². The standard InChI is InChI=1S/C19H27N5OS/c25-19(16-7-11-24(22-16)15-5-3-8-20-13-15)21-14-17(18-6-4-12-26-18)23-9-1-2-10-23/h4,6-7,11-12,15,17,20H,1-3,5,8-10,13-14H2,(H,21,25). The molecule has 2 fully saturated rings. The van der Waals surface area contributed by atoms with Gasteiger partial charge in [0.05, 0.1) is 12.1 Å². The lowest BCUT2D eigenvalue weighted by Gasteiger charge is -2.26. The Morgan fingerprint density at radius 1 is 1.35 bits per heavy atom. The number of likely N-dealkylation sites (tertiary alicyclic amines) is 1. The predicted molar refractivity (Wildman–Crippen MR) is 104 cm³/mol. The molecule has 2 aromatic rings. The number of rotatable bonds is 6. The highest BCUT2D eigenvalue weighted by atomic mass is 32.1. The monoisotopic (exact) mass is 373 g/mol. The van der Waals surface area contributed by atoms with Gasteiger partial charge in [0.15, 0.2) is 0 Å². The molecule has 0 radical (unpaired) electrons. The fourth-order valence-corrected chi connectivity index (χ4v) is 4.81. The first kappa shape index (κ1) is 17.7. The van der Waals surface area contributed by atoms with Crippen molar-refractivity contribution < 1.29 is 4.79 Å². The van der Waals surface area contributed by atoms with Crippen LogP contribution in [-0.2, 0) is 0 Å². The maximum Gasteiger partial charge on any atom is 0.271 e. The maximum atomic E-state index is 12.6. The molecule has 0 bridgehead atoms. The molecule has 2 saturated heterocycles. The van der Waals surface area contributed by atoms with Gasteiger partial charge in [0.1, 0.15) is 5.69 Å². The number of aromatic nitrogens is 2. The Balaban J connectivity index is 1.38. The molecule has 0 saturated carbocycles. The number of nitrogens with one attached hydrogen (secondary N) is 2. The molecule has 2 unspecified atom stereocenters. The second kappa shape index (κ2) is 8.33. The van der Waals surface area contributed by atoms with Gasteiger partial charge in [-0.15, -0.1) is 11.3 Å². The number of carbonyl (C=O) groups excluding carboxylic acids is 1. The molecule has 26 heavy (non-hydrogen) atoms. The van der Waals surface area contributed by atoms with E-state index in [1.807, 2.05) is 16.9 Å². The topological polar surface area (TPSA) is 62.2 Å².